The van der Waals surface area contributed by atoms with Crippen LogP contribution < -0.4 is 5.73 Å². The molecule has 2 aromatic rings. The highest BCUT2D eigenvalue weighted by molar-refractivity contribution is 5.62. The molecule has 0 saturated carbocycles. The van der Waals surface area contributed by atoms with Crippen molar-refractivity contribution in [1.82, 2.24) is 14.7 Å². The summed E-state index contributed by atoms with van der Waals surface area (Å²) in [4.78, 5) is 2.19. The van der Waals surface area contributed by atoms with Crippen LogP contribution in [-0.2, 0) is 13.5 Å². The van der Waals surface area contributed by atoms with Crippen LogP contribution >= 0.6 is 0 Å². The van der Waals surface area contributed by atoms with E-state index in [1.807, 2.05) is 13.1 Å². The molecule has 0 unspecified atom stereocenters. The Labute approximate surface area is 108 Å². The van der Waals surface area contributed by atoms with Crippen molar-refractivity contribution in [3.05, 3.63) is 35.9 Å². The van der Waals surface area contributed by atoms with Gasteiger partial charge in [0, 0.05) is 25.2 Å². The Balaban J connectivity index is 2.12. The summed E-state index contributed by atoms with van der Waals surface area (Å²) >= 11 is 0. The van der Waals surface area contributed by atoms with Crippen molar-refractivity contribution in [3.63, 3.8) is 0 Å². The van der Waals surface area contributed by atoms with Gasteiger partial charge in [-0.05, 0) is 26.1 Å². The Hall–Kier alpha value is -1.81. The minimum Gasteiger partial charge on any atom is -0.384 e. The van der Waals surface area contributed by atoms with Gasteiger partial charge < -0.3 is 10.6 Å². The molecule has 96 valence electrons. The molecule has 18 heavy (non-hydrogen) atoms. The van der Waals surface area contributed by atoms with E-state index >= 15 is 0 Å². The fourth-order valence-electron chi connectivity index (χ4n) is 1.82. The molecule has 0 bridgehead atoms. The Morgan fingerprint density at radius 2 is 1.89 bits per heavy atom. The summed E-state index contributed by atoms with van der Waals surface area (Å²) in [5.41, 5.74) is 9.16. The molecule has 0 amide bonds. The number of likely N-dealkylation sites (N-methyl/N-ethyl adjacent to an activating group) is 1. The normalized spacial score (nSPS) is 11.1. The topological polar surface area (TPSA) is 47.1 Å². The van der Waals surface area contributed by atoms with Crippen LogP contribution in [0.5, 0.6) is 0 Å². The van der Waals surface area contributed by atoms with E-state index in [2.05, 4.69) is 48.4 Å². The fourth-order valence-corrected chi connectivity index (χ4v) is 1.82. The first kappa shape index (κ1) is 12.6. The third-order valence-corrected chi connectivity index (χ3v) is 3.01. The minimum absolute atomic E-state index is 0.682. The number of rotatable bonds is 4. The van der Waals surface area contributed by atoms with E-state index in [4.69, 9.17) is 5.73 Å². The molecule has 0 aliphatic heterocycles. The Morgan fingerprint density at radius 3 is 2.39 bits per heavy atom. The molecule has 1 aromatic heterocycles. The van der Waals surface area contributed by atoms with Gasteiger partial charge in [-0.2, -0.15) is 5.10 Å². The Morgan fingerprint density at radius 1 is 1.22 bits per heavy atom. The molecular formula is C14H20N4. The quantitative estimate of drug-likeness (QED) is 0.891. The van der Waals surface area contributed by atoms with E-state index in [0.717, 1.165) is 24.2 Å². The number of hydrogen-bond donors (Lipinski definition) is 1. The van der Waals surface area contributed by atoms with Crippen LogP contribution in [0.4, 0.5) is 5.82 Å². The van der Waals surface area contributed by atoms with Crippen molar-refractivity contribution in [3.8, 4) is 11.3 Å². The van der Waals surface area contributed by atoms with Crippen molar-refractivity contribution in [2.75, 3.05) is 26.4 Å². The van der Waals surface area contributed by atoms with Gasteiger partial charge in [0.05, 0.1) is 5.69 Å². The Kier molecular flexibility index (Phi) is 3.67. The maximum atomic E-state index is 5.78. The first-order chi connectivity index (χ1) is 8.56. The second-order valence-electron chi connectivity index (χ2n) is 4.83. The summed E-state index contributed by atoms with van der Waals surface area (Å²) in [6.45, 7) is 1.07. The minimum atomic E-state index is 0.682. The largest absolute Gasteiger partial charge is 0.384 e. The molecule has 1 aromatic carbocycles. The molecule has 1 heterocycles. The van der Waals surface area contributed by atoms with Crippen LogP contribution in [0.1, 0.15) is 5.56 Å². The molecule has 4 heteroatoms. The maximum absolute atomic E-state index is 5.78. The summed E-state index contributed by atoms with van der Waals surface area (Å²) in [5, 5.41) is 4.37. The lowest BCUT2D eigenvalue weighted by Crippen LogP contribution is -2.14. The predicted molar refractivity (Wildman–Crippen MR) is 75.3 cm³/mol. The van der Waals surface area contributed by atoms with Gasteiger partial charge >= 0.3 is 0 Å². The van der Waals surface area contributed by atoms with Gasteiger partial charge in [-0.1, -0.05) is 24.3 Å². The summed E-state index contributed by atoms with van der Waals surface area (Å²) in [6.07, 6.45) is 1.07. The molecule has 0 atom stereocenters. The number of nitrogens with two attached hydrogens (primary N) is 1. The number of hydrogen-bond acceptors (Lipinski definition) is 3. The predicted octanol–water partition coefficient (Wildman–Crippen LogP) is 1.77. The number of aryl methyl sites for hydroxylation is 1. The zero-order chi connectivity index (χ0) is 13.1. The smallest absolute Gasteiger partial charge is 0.121 e. The van der Waals surface area contributed by atoms with E-state index in [1.165, 1.54) is 5.56 Å². The van der Waals surface area contributed by atoms with Gasteiger partial charge in [0.1, 0.15) is 5.82 Å². The van der Waals surface area contributed by atoms with Gasteiger partial charge in [-0.3, -0.25) is 4.68 Å². The number of anilines is 1. The zero-order valence-corrected chi connectivity index (χ0v) is 11.2. The van der Waals surface area contributed by atoms with E-state index in [0.29, 0.717) is 5.82 Å². The number of nitrogen functional groups attached to an aromatic ring is 1. The second kappa shape index (κ2) is 5.23. The molecule has 2 rings (SSSR count). The second-order valence-corrected chi connectivity index (χ2v) is 4.83. The summed E-state index contributed by atoms with van der Waals surface area (Å²) in [6, 6.07) is 10.4. The monoisotopic (exact) mass is 244 g/mol. The molecular weight excluding hydrogens is 224 g/mol. The average Bonchev–Trinajstić information content (AvgIpc) is 2.68. The van der Waals surface area contributed by atoms with Crippen LogP contribution in [0, 0.1) is 0 Å². The van der Waals surface area contributed by atoms with Gasteiger partial charge in [-0.25, -0.2) is 0 Å². The first-order valence-corrected chi connectivity index (χ1v) is 6.10. The zero-order valence-electron chi connectivity index (χ0n) is 11.2. The standard InChI is InChI=1S/C14H20N4/c1-17(2)9-8-11-4-6-12(7-5-11)13-10-14(15)18(3)16-13/h4-7,10H,8-9,15H2,1-3H3. The van der Waals surface area contributed by atoms with Crippen LogP contribution in [0.25, 0.3) is 11.3 Å². The van der Waals surface area contributed by atoms with Crippen LogP contribution in [0.15, 0.2) is 30.3 Å². The van der Waals surface area contributed by atoms with Crippen molar-refractivity contribution >= 4 is 5.82 Å². The summed E-state index contributed by atoms with van der Waals surface area (Å²) < 4.78 is 1.69. The van der Waals surface area contributed by atoms with Crippen LogP contribution in [0.2, 0.25) is 0 Å². The maximum Gasteiger partial charge on any atom is 0.121 e. The fraction of sp³-hybridized carbons (Fsp3) is 0.357. The molecule has 0 fully saturated rings. The molecule has 0 radical (unpaired) electrons. The van der Waals surface area contributed by atoms with Crippen molar-refractivity contribution in [2.45, 2.75) is 6.42 Å². The lowest BCUT2D eigenvalue weighted by molar-refractivity contribution is 0.413. The lowest BCUT2D eigenvalue weighted by atomic mass is 10.1. The van der Waals surface area contributed by atoms with E-state index < -0.39 is 0 Å². The van der Waals surface area contributed by atoms with E-state index in [1.54, 1.807) is 4.68 Å². The SMILES string of the molecule is CN(C)CCc1ccc(-c2cc(N)n(C)n2)cc1. The molecule has 0 spiro atoms. The van der Waals surface area contributed by atoms with Gasteiger partial charge in [0.25, 0.3) is 0 Å². The van der Waals surface area contributed by atoms with Gasteiger partial charge in [0.15, 0.2) is 0 Å². The number of benzene rings is 1. The van der Waals surface area contributed by atoms with E-state index in [9.17, 15) is 0 Å². The molecule has 0 saturated heterocycles. The van der Waals surface area contributed by atoms with Crippen molar-refractivity contribution in [1.29, 1.82) is 0 Å². The highest BCUT2D eigenvalue weighted by Gasteiger charge is 2.04. The van der Waals surface area contributed by atoms with Gasteiger partial charge in [0.2, 0.25) is 0 Å². The highest BCUT2D eigenvalue weighted by Crippen LogP contribution is 2.20. The van der Waals surface area contributed by atoms with Crippen molar-refractivity contribution < 1.29 is 0 Å². The molecule has 2 N–H and O–H groups in total. The number of aromatic nitrogens is 2. The third-order valence-electron chi connectivity index (χ3n) is 3.01. The van der Waals surface area contributed by atoms with Gasteiger partial charge in [-0.15, -0.1) is 0 Å². The average molecular weight is 244 g/mol. The third kappa shape index (κ3) is 2.90. The summed E-state index contributed by atoms with van der Waals surface area (Å²) in [5.74, 6) is 0.682. The van der Waals surface area contributed by atoms with Crippen LogP contribution in [0.3, 0.4) is 0 Å². The first-order valence-electron chi connectivity index (χ1n) is 6.10. The lowest BCUT2D eigenvalue weighted by Gasteiger charge is -2.09. The van der Waals surface area contributed by atoms with E-state index in [-0.39, 0.29) is 0 Å². The Bertz CT molecular complexity index is 492. The molecule has 4 nitrogen and oxygen atoms in total. The van der Waals surface area contributed by atoms with Crippen molar-refractivity contribution in [2.24, 2.45) is 7.05 Å². The van der Waals surface area contributed by atoms with Crippen LogP contribution in [-0.4, -0.2) is 35.3 Å². The summed E-state index contributed by atoms with van der Waals surface area (Å²) in [7, 11) is 6.03. The highest BCUT2D eigenvalue weighted by atomic mass is 15.3. The molecule has 0 aliphatic carbocycles. The number of nitrogens with zero attached hydrogens (tertiary/aromatic N) is 3. The molecule has 0 aliphatic rings.